The summed E-state index contributed by atoms with van der Waals surface area (Å²) < 4.78 is 3.63. The number of hydrogen-bond donors (Lipinski definition) is 1. The van der Waals surface area contributed by atoms with Crippen molar-refractivity contribution in [3.8, 4) is 11.4 Å². The lowest BCUT2D eigenvalue weighted by atomic mass is 10.2. The summed E-state index contributed by atoms with van der Waals surface area (Å²) in [7, 11) is 3.71. The summed E-state index contributed by atoms with van der Waals surface area (Å²) in [6.07, 6.45) is 0. The molecule has 2 aromatic heterocycles. The van der Waals surface area contributed by atoms with Gasteiger partial charge in [-0.25, -0.2) is 4.79 Å². The average molecular weight is 255 g/mol. The summed E-state index contributed by atoms with van der Waals surface area (Å²) in [5, 5.41) is 14.1. The zero-order valence-electron chi connectivity index (χ0n) is 10.7. The molecule has 0 unspecified atom stereocenters. The van der Waals surface area contributed by atoms with Crippen molar-refractivity contribution in [1.29, 1.82) is 0 Å². The molecule has 3 rings (SSSR count). The van der Waals surface area contributed by atoms with Gasteiger partial charge in [-0.15, -0.1) is 0 Å². The van der Waals surface area contributed by atoms with Crippen molar-refractivity contribution in [2.75, 3.05) is 0 Å². The fourth-order valence-corrected chi connectivity index (χ4v) is 2.35. The first-order chi connectivity index (χ1) is 9.08. The smallest absolute Gasteiger partial charge is 0.356 e. The maximum atomic E-state index is 11.0. The van der Waals surface area contributed by atoms with Crippen molar-refractivity contribution in [1.82, 2.24) is 14.3 Å². The summed E-state index contributed by atoms with van der Waals surface area (Å²) in [5.41, 5.74) is 2.90. The van der Waals surface area contributed by atoms with E-state index in [1.807, 2.05) is 41.9 Å². The van der Waals surface area contributed by atoms with Gasteiger partial charge in [-0.05, 0) is 12.1 Å². The van der Waals surface area contributed by atoms with Crippen molar-refractivity contribution < 1.29 is 9.90 Å². The highest BCUT2D eigenvalue weighted by Gasteiger charge is 2.15. The Kier molecular flexibility index (Phi) is 2.41. The van der Waals surface area contributed by atoms with Gasteiger partial charge in [0.15, 0.2) is 5.69 Å². The molecule has 0 aliphatic rings. The Morgan fingerprint density at radius 1 is 1.16 bits per heavy atom. The zero-order chi connectivity index (χ0) is 13.6. The van der Waals surface area contributed by atoms with Crippen LogP contribution < -0.4 is 0 Å². The largest absolute Gasteiger partial charge is 0.476 e. The monoisotopic (exact) mass is 255 g/mol. The summed E-state index contributed by atoms with van der Waals surface area (Å²) in [6.45, 7) is 0. The minimum atomic E-state index is -1.01. The molecular formula is C14H13N3O2. The van der Waals surface area contributed by atoms with Crippen molar-refractivity contribution in [2.45, 2.75) is 0 Å². The Balaban J connectivity index is 2.24. The number of aromatic carboxylic acids is 1. The van der Waals surface area contributed by atoms with Crippen LogP contribution in [0.25, 0.3) is 22.3 Å². The predicted molar refractivity (Wildman–Crippen MR) is 72.1 cm³/mol. The number of rotatable bonds is 2. The molecule has 0 radical (unpaired) electrons. The molecule has 0 spiro atoms. The number of fused-ring (bicyclic) bond motifs is 1. The van der Waals surface area contributed by atoms with Gasteiger partial charge in [0.25, 0.3) is 0 Å². The summed E-state index contributed by atoms with van der Waals surface area (Å²) in [4.78, 5) is 11.0. The molecule has 0 saturated heterocycles. The van der Waals surface area contributed by atoms with Crippen molar-refractivity contribution in [3.63, 3.8) is 0 Å². The molecule has 0 aliphatic heterocycles. The number of carboxylic acids is 1. The molecule has 0 atom stereocenters. The molecule has 19 heavy (non-hydrogen) atoms. The summed E-state index contributed by atoms with van der Waals surface area (Å²) in [5.74, 6) is -1.01. The third-order valence-electron chi connectivity index (χ3n) is 3.31. The van der Waals surface area contributed by atoms with Gasteiger partial charge in [0, 0.05) is 31.1 Å². The molecule has 1 N–H and O–H groups in total. The minimum Gasteiger partial charge on any atom is -0.476 e. The number of nitrogens with zero attached hydrogens (tertiary/aromatic N) is 3. The molecule has 0 fully saturated rings. The Bertz CT molecular complexity index is 783. The molecule has 0 amide bonds. The van der Waals surface area contributed by atoms with E-state index in [0.29, 0.717) is 0 Å². The summed E-state index contributed by atoms with van der Waals surface area (Å²) in [6, 6.07) is 11.7. The number of aryl methyl sites for hydroxylation is 2. The molecule has 5 heteroatoms. The first kappa shape index (κ1) is 11.5. The third kappa shape index (κ3) is 1.71. The van der Waals surface area contributed by atoms with E-state index >= 15 is 0 Å². The Morgan fingerprint density at radius 2 is 1.89 bits per heavy atom. The third-order valence-corrected chi connectivity index (χ3v) is 3.31. The van der Waals surface area contributed by atoms with Gasteiger partial charge in [-0.2, -0.15) is 5.10 Å². The van der Waals surface area contributed by atoms with Gasteiger partial charge >= 0.3 is 5.97 Å². The fraction of sp³-hybridized carbons (Fsp3) is 0.143. The van der Waals surface area contributed by atoms with Gasteiger partial charge in [0.1, 0.15) is 0 Å². The highest BCUT2D eigenvalue weighted by Crippen LogP contribution is 2.27. The lowest BCUT2D eigenvalue weighted by Crippen LogP contribution is -2.00. The van der Waals surface area contributed by atoms with E-state index < -0.39 is 5.97 Å². The van der Waals surface area contributed by atoms with Crippen LogP contribution in [0.5, 0.6) is 0 Å². The molecular weight excluding hydrogens is 242 g/mol. The van der Waals surface area contributed by atoms with Gasteiger partial charge in [-0.3, -0.25) is 4.68 Å². The lowest BCUT2D eigenvalue weighted by Gasteiger charge is -2.04. The lowest BCUT2D eigenvalue weighted by molar-refractivity contribution is 0.0689. The number of carbonyl (C=O) groups is 1. The van der Waals surface area contributed by atoms with E-state index in [9.17, 15) is 4.79 Å². The van der Waals surface area contributed by atoms with Crippen LogP contribution in [0.4, 0.5) is 0 Å². The second-order valence-electron chi connectivity index (χ2n) is 4.49. The van der Waals surface area contributed by atoms with Crippen molar-refractivity contribution in [2.24, 2.45) is 14.1 Å². The maximum Gasteiger partial charge on any atom is 0.356 e. The second kappa shape index (κ2) is 3.98. The van der Waals surface area contributed by atoms with E-state index in [2.05, 4.69) is 5.10 Å². The SMILES string of the molecule is Cn1nc(C(=O)O)cc1-c1cc2ccccc2n1C. The molecule has 0 saturated carbocycles. The second-order valence-corrected chi connectivity index (χ2v) is 4.49. The number of carboxylic acid groups (broad SMARTS) is 1. The molecule has 5 nitrogen and oxygen atoms in total. The predicted octanol–water partition coefficient (Wildman–Crippen LogP) is 2.28. The molecule has 3 aromatic rings. The molecule has 96 valence electrons. The molecule has 0 aliphatic carbocycles. The van der Waals surface area contributed by atoms with Crippen molar-refractivity contribution >= 4 is 16.9 Å². The van der Waals surface area contributed by atoms with Gasteiger partial charge in [0.05, 0.1) is 11.4 Å². The Labute approximate surface area is 109 Å². The van der Waals surface area contributed by atoms with E-state index in [0.717, 1.165) is 22.3 Å². The van der Waals surface area contributed by atoms with Gasteiger partial charge < -0.3 is 9.67 Å². The maximum absolute atomic E-state index is 11.0. The van der Waals surface area contributed by atoms with Crippen LogP contribution >= 0.6 is 0 Å². The standard InChI is InChI=1S/C14H13N3O2/c1-16-11-6-4-3-5-9(11)7-12(16)13-8-10(14(18)19)15-17(13)2/h3-8H,1-2H3,(H,18,19). The number of aromatic nitrogens is 3. The van der Waals surface area contributed by atoms with Crippen LogP contribution in [0.15, 0.2) is 36.4 Å². The molecule has 1 aromatic carbocycles. The number of benzene rings is 1. The highest BCUT2D eigenvalue weighted by atomic mass is 16.4. The van der Waals surface area contributed by atoms with Crippen LogP contribution in [0.2, 0.25) is 0 Å². The highest BCUT2D eigenvalue weighted by molar-refractivity contribution is 5.89. The van der Waals surface area contributed by atoms with Gasteiger partial charge in [0.2, 0.25) is 0 Å². The van der Waals surface area contributed by atoms with Crippen molar-refractivity contribution in [3.05, 3.63) is 42.1 Å². The zero-order valence-corrected chi connectivity index (χ0v) is 10.7. The topological polar surface area (TPSA) is 60.1 Å². The van der Waals surface area contributed by atoms with Crippen LogP contribution in [-0.2, 0) is 14.1 Å². The van der Waals surface area contributed by atoms with Crippen LogP contribution in [-0.4, -0.2) is 25.4 Å². The number of hydrogen-bond acceptors (Lipinski definition) is 2. The van der Waals surface area contributed by atoms with E-state index in [1.54, 1.807) is 17.8 Å². The van der Waals surface area contributed by atoms with Crippen LogP contribution in [0.1, 0.15) is 10.5 Å². The van der Waals surface area contributed by atoms with Gasteiger partial charge in [-0.1, -0.05) is 18.2 Å². The summed E-state index contributed by atoms with van der Waals surface area (Å²) >= 11 is 0. The minimum absolute atomic E-state index is 0.0581. The van der Waals surface area contributed by atoms with E-state index in [-0.39, 0.29) is 5.69 Å². The Morgan fingerprint density at radius 3 is 2.53 bits per heavy atom. The number of para-hydroxylation sites is 1. The van der Waals surface area contributed by atoms with Crippen LogP contribution in [0.3, 0.4) is 0 Å². The quantitative estimate of drug-likeness (QED) is 0.764. The molecule has 2 heterocycles. The molecule has 0 bridgehead atoms. The Hall–Kier alpha value is -2.56. The van der Waals surface area contributed by atoms with E-state index in [4.69, 9.17) is 5.11 Å². The first-order valence-electron chi connectivity index (χ1n) is 5.90. The van der Waals surface area contributed by atoms with Crippen LogP contribution in [0, 0.1) is 0 Å². The normalized spacial score (nSPS) is 11.1. The van der Waals surface area contributed by atoms with E-state index in [1.165, 1.54) is 0 Å². The fourth-order valence-electron chi connectivity index (χ4n) is 2.35. The average Bonchev–Trinajstić information content (AvgIpc) is 2.91. The first-order valence-corrected chi connectivity index (χ1v) is 5.90.